The molecule has 2 heterocycles. The number of fused-ring (bicyclic) bond motifs is 1. The third-order valence-electron chi connectivity index (χ3n) is 4.29. The highest BCUT2D eigenvalue weighted by atomic mass is 35.5. The van der Waals surface area contributed by atoms with Crippen molar-refractivity contribution in [3.05, 3.63) is 81.3 Å². The third-order valence-corrected chi connectivity index (χ3v) is 5.69. The SMILES string of the molecule is [C-]#[N+]c1cc(-c2scc(CC(=O)c3nc4ccccc4o3)c2C(=O)O)ccc1Cl. The molecule has 0 amide bonds. The predicted octanol–water partition coefficient (Wildman–Crippen LogP) is 5.88. The lowest BCUT2D eigenvalue weighted by Gasteiger charge is -2.04. The number of carboxylic acids is 1. The number of carbonyl (C=O) groups is 2. The normalized spacial score (nSPS) is 10.8. The van der Waals surface area contributed by atoms with Crippen molar-refractivity contribution in [2.75, 3.05) is 0 Å². The van der Waals surface area contributed by atoms with E-state index in [0.717, 1.165) is 0 Å². The molecule has 2 aromatic heterocycles. The second-order valence-electron chi connectivity index (χ2n) is 6.13. The molecule has 0 radical (unpaired) electrons. The van der Waals surface area contributed by atoms with Gasteiger partial charge in [0.1, 0.15) is 5.52 Å². The number of benzene rings is 2. The first-order valence-corrected chi connectivity index (χ1v) is 9.63. The van der Waals surface area contributed by atoms with Crippen LogP contribution in [0, 0.1) is 6.57 Å². The van der Waals surface area contributed by atoms with Crippen LogP contribution >= 0.6 is 22.9 Å². The Hall–Kier alpha value is -3.47. The van der Waals surface area contributed by atoms with E-state index in [1.807, 2.05) is 0 Å². The topological polar surface area (TPSA) is 84.8 Å². The van der Waals surface area contributed by atoms with Gasteiger partial charge < -0.3 is 9.52 Å². The molecule has 6 nitrogen and oxygen atoms in total. The fourth-order valence-corrected chi connectivity index (χ4v) is 4.17. The lowest BCUT2D eigenvalue weighted by molar-refractivity contribution is 0.0697. The minimum Gasteiger partial charge on any atom is -0.478 e. The number of oxazole rings is 1. The number of nitrogens with zero attached hydrogens (tertiary/aromatic N) is 2. The zero-order chi connectivity index (χ0) is 20.5. The van der Waals surface area contributed by atoms with Gasteiger partial charge in [0.25, 0.3) is 5.89 Å². The van der Waals surface area contributed by atoms with Gasteiger partial charge in [-0.1, -0.05) is 35.9 Å². The van der Waals surface area contributed by atoms with Crippen LogP contribution in [0.2, 0.25) is 5.02 Å². The Bertz CT molecular complexity index is 1280. The minimum atomic E-state index is -1.15. The zero-order valence-corrected chi connectivity index (χ0v) is 16.3. The largest absolute Gasteiger partial charge is 0.478 e. The number of hydrogen-bond donors (Lipinski definition) is 1. The van der Waals surface area contributed by atoms with Gasteiger partial charge in [-0.2, -0.15) is 0 Å². The number of carbonyl (C=O) groups excluding carboxylic acids is 1. The zero-order valence-electron chi connectivity index (χ0n) is 14.7. The molecule has 2 aromatic carbocycles. The molecular formula is C21H11ClN2O4S. The molecule has 142 valence electrons. The highest BCUT2D eigenvalue weighted by Gasteiger charge is 2.24. The van der Waals surface area contributed by atoms with E-state index in [1.165, 1.54) is 11.3 Å². The fourth-order valence-electron chi connectivity index (χ4n) is 2.95. The molecule has 0 saturated heterocycles. The molecule has 1 N–H and O–H groups in total. The second-order valence-corrected chi connectivity index (χ2v) is 7.42. The van der Waals surface area contributed by atoms with Crippen LogP contribution < -0.4 is 0 Å². The number of aromatic nitrogens is 1. The molecule has 4 rings (SSSR count). The van der Waals surface area contributed by atoms with Crippen molar-refractivity contribution >= 4 is 51.5 Å². The molecule has 0 spiro atoms. The van der Waals surface area contributed by atoms with Crippen LogP contribution in [-0.4, -0.2) is 21.8 Å². The molecule has 0 saturated carbocycles. The smallest absolute Gasteiger partial charge is 0.337 e. The second kappa shape index (κ2) is 7.51. The Morgan fingerprint density at radius 2 is 2.03 bits per heavy atom. The van der Waals surface area contributed by atoms with Crippen LogP contribution in [0.1, 0.15) is 26.6 Å². The maximum absolute atomic E-state index is 12.6. The summed E-state index contributed by atoms with van der Waals surface area (Å²) >= 11 is 7.17. The summed E-state index contributed by atoms with van der Waals surface area (Å²) < 4.78 is 5.48. The van der Waals surface area contributed by atoms with Crippen molar-refractivity contribution in [1.29, 1.82) is 0 Å². The summed E-state index contributed by atoms with van der Waals surface area (Å²) in [5, 5.41) is 11.7. The first-order valence-electron chi connectivity index (χ1n) is 8.37. The standard InChI is InChI=1S/C21H11ClN2O4S/c1-23-15-8-11(6-7-13(15)22)19-18(21(26)27)12(10-29-19)9-16(25)20-24-14-4-2-3-5-17(14)28-20/h2-8,10H,9H2,(H,26,27). The Morgan fingerprint density at radius 3 is 2.76 bits per heavy atom. The van der Waals surface area contributed by atoms with Gasteiger partial charge in [-0.15, -0.1) is 11.3 Å². The number of Topliss-reactive ketones (excluding diaryl/α,β-unsaturated/α-hetero) is 1. The van der Waals surface area contributed by atoms with E-state index in [0.29, 0.717) is 32.1 Å². The fraction of sp³-hybridized carbons (Fsp3) is 0.0476. The van der Waals surface area contributed by atoms with Gasteiger partial charge in [0.2, 0.25) is 11.5 Å². The average molecular weight is 423 g/mol. The van der Waals surface area contributed by atoms with Gasteiger partial charge in [0.15, 0.2) is 5.58 Å². The number of thiophene rings is 1. The van der Waals surface area contributed by atoms with Gasteiger partial charge >= 0.3 is 5.97 Å². The molecule has 4 aromatic rings. The number of ketones is 1. The molecule has 0 fully saturated rings. The van der Waals surface area contributed by atoms with Crippen LogP contribution in [0.15, 0.2) is 52.3 Å². The monoisotopic (exact) mass is 422 g/mol. The molecule has 0 aliphatic heterocycles. The molecule has 0 aliphatic carbocycles. The predicted molar refractivity (Wildman–Crippen MR) is 110 cm³/mol. The van der Waals surface area contributed by atoms with Crippen molar-refractivity contribution in [1.82, 2.24) is 4.98 Å². The Balaban J connectivity index is 1.71. The highest BCUT2D eigenvalue weighted by Crippen LogP contribution is 2.37. The number of hydrogen-bond acceptors (Lipinski definition) is 5. The highest BCUT2D eigenvalue weighted by molar-refractivity contribution is 7.14. The van der Waals surface area contributed by atoms with E-state index < -0.39 is 11.8 Å². The number of aromatic carboxylic acids is 1. The van der Waals surface area contributed by atoms with Gasteiger partial charge in [0, 0.05) is 16.3 Å². The average Bonchev–Trinajstić information content (AvgIpc) is 3.32. The quantitative estimate of drug-likeness (QED) is 0.320. The number of para-hydroxylation sites is 2. The van der Waals surface area contributed by atoms with Crippen LogP contribution in [0.4, 0.5) is 5.69 Å². The molecular weight excluding hydrogens is 412 g/mol. The Morgan fingerprint density at radius 1 is 1.24 bits per heavy atom. The third kappa shape index (κ3) is 3.51. The lowest BCUT2D eigenvalue weighted by atomic mass is 10.0. The summed E-state index contributed by atoms with van der Waals surface area (Å²) in [4.78, 5) is 32.6. The summed E-state index contributed by atoms with van der Waals surface area (Å²) in [6.07, 6.45) is -0.159. The molecule has 0 unspecified atom stereocenters. The number of rotatable bonds is 5. The first-order chi connectivity index (χ1) is 14.0. The van der Waals surface area contributed by atoms with Gasteiger partial charge in [-0.3, -0.25) is 4.79 Å². The van der Waals surface area contributed by atoms with Crippen molar-refractivity contribution in [3.63, 3.8) is 0 Å². The van der Waals surface area contributed by atoms with Crippen molar-refractivity contribution < 1.29 is 19.1 Å². The van der Waals surface area contributed by atoms with E-state index in [1.54, 1.807) is 47.8 Å². The Labute approximate surface area is 173 Å². The van der Waals surface area contributed by atoms with E-state index in [4.69, 9.17) is 22.6 Å². The Kier molecular flexibility index (Phi) is 4.89. The van der Waals surface area contributed by atoms with E-state index in [-0.39, 0.29) is 23.6 Å². The van der Waals surface area contributed by atoms with Gasteiger partial charge in [0.05, 0.1) is 12.1 Å². The summed E-state index contributed by atoms with van der Waals surface area (Å²) in [6, 6.07) is 11.8. The molecule has 0 aliphatic rings. The maximum Gasteiger partial charge on any atom is 0.337 e. The summed E-state index contributed by atoms with van der Waals surface area (Å²) in [7, 11) is 0. The van der Waals surface area contributed by atoms with Gasteiger partial charge in [-0.05, 0) is 34.7 Å². The minimum absolute atomic E-state index is 0.0257. The summed E-state index contributed by atoms with van der Waals surface area (Å²) in [5.41, 5.74) is 2.24. The van der Waals surface area contributed by atoms with Crippen LogP contribution in [0.5, 0.6) is 0 Å². The summed E-state index contributed by atoms with van der Waals surface area (Å²) in [6.45, 7) is 7.19. The lowest BCUT2D eigenvalue weighted by Crippen LogP contribution is -2.08. The molecule has 0 atom stereocenters. The molecule has 0 bridgehead atoms. The maximum atomic E-state index is 12.6. The molecule has 29 heavy (non-hydrogen) atoms. The summed E-state index contributed by atoms with van der Waals surface area (Å²) in [5.74, 6) is -1.62. The van der Waals surface area contributed by atoms with E-state index in [9.17, 15) is 14.7 Å². The van der Waals surface area contributed by atoms with Crippen molar-refractivity contribution in [3.8, 4) is 10.4 Å². The van der Waals surface area contributed by atoms with Crippen molar-refractivity contribution in [2.24, 2.45) is 0 Å². The van der Waals surface area contributed by atoms with Gasteiger partial charge in [-0.25, -0.2) is 14.6 Å². The van der Waals surface area contributed by atoms with Crippen molar-refractivity contribution in [2.45, 2.75) is 6.42 Å². The number of carboxylic acid groups (broad SMARTS) is 1. The van der Waals surface area contributed by atoms with E-state index >= 15 is 0 Å². The molecule has 8 heteroatoms. The number of halogens is 1. The van der Waals surface area contributed by atoms with E-state index in [2.05, 4.69) is 9.83 Å². The van der Waals surface area contributed by atoms with Crippen LogP contribution in [0.25, 0.3) is 26.4 Å². The van der Waals surface area contributed by atoms with Crippen LogP contribution in [0.3, 0.4) is 0 Å². The first kappa shape index (κ1) is 18.9. The van der Waals surface area contributed by atoms with Crippen LogP contribution in [-0.2, 0) is 6.42 Å².